The average Bonchev–Trinajstić information content (AvgIpc) is 3.63. The molecule has 2 aromatic rings. The number of aromatic carboxylic acids is 1. The Morgan fingerprint density at radius 1 is 0.662 bits per heavy atom. The molecule has 80 heavy (non-hydrogen) atoms. The molecule has 1 unspecified atom stereocenters. The summed E-state index contributed by atoms with van der Waals surface area (Å²) in [6, 6.07) is 16.5. The number of ether oxygens (including phenoxy) is 2. The Bertz CT molecular complexity index is 2570. The van der Waals surface area contributed by atoms with Crippen molar-refractivity contribution in [1.82, 2.24) is 9.89 Å². The van der Waals surface area contributed by atoms with Gasteiger partial charge in [0.2, 0.25) is 5.36 Å². The van der Waals surface area contributed by atoms with E-state index < -0.39 is 38.4 Å². The Kier molecular flexibility index (Phi) is 32.8. The second-order valence-corrected chi connectivity index (χ2v) is 23.7. The van der Waals surface area contributed by atoms with E-state index in [1.54, 1.807) is 12.1 Å². The van der Waals surface area contributed by atoms with Gasteiger partial charge in [0.25, 0.3) is 0 Å². The molecule has 15 nitrogen and oxygen atoms in total. The number of fused-ring (bicyclic) bond motifs is 2. The summed E-state index contributed by atoms with van der Waals surface area (Å²) in [5.74, 6) is -1.45. The van der Waals surface area contributed by atoms with Crippen molar-refractivity contribution in [3.63, 3.8) is 0 Å². The van der Waals surface area contributed by atoms with Gasteiger partial charge in [0.15, 0.2) is 11.2 Å². The molecule has 1 aliphatic heterocycles. The summed E-state index contributed by atoms with van der Waals surface area (Å²) in [5.41, 5.74) is 3.90. The summed E-state index contributed by atoms with van der Waals surface area (Å²) in [6.07, 6.45) is 31.5. The van der Waals surface area contributed by atoms with E-state index in [1.165, 1.54) is 128 Å². The summed E-state index contributed by atoms with van der Waals surface area (Å²) < 4.78 is 43.3. The highest BCUT2D eigenvalue weighted by Gasteiger charge is 2.27. The van der Waals surface area contributed by atoms with Gasteiger partial charge < -0.3 is 39.4 Å². The van der Waals surface area contributed by atoms with Crippen molar-refractivity contribution in [3.8, 4) is 22.5 Å². The molecule has 0 spiro atoms. The molecule has 17 heteroatoms. The van der Waals surface area contributed by atoms with Crippen LogP contribution in [0.15, 0.2) is 59.0 Å². The molecule has 1 aliphatic carbocycles. The van der Waals surface area contributed by atoms with E-state index in [2.05, 4.69) is 24.5 Å². The normalized spacial score (nSPS) is 12.5. The standard InChI is InChI=1S/C63H97N4O11PS/c1-7-9-11-13-15-17-19-21-23-25-27-29-31-33-35-60(69)77-52(47-74-59(68)34-32-30-28-26-24-22-20-18-16-14-12-10-8-2)48-76-79(72,73)75-43-42-64-63(80)65-49-36-39-53(62(70)71)56(44-49)61-54-40-37-50(66(3)4)45-57(54)78-58-46-51(67(5)6)38-41-55(58)61/h36-41,44-46,52H,7-35,42-43,47-48H2,1-6H3,(H3-,64,65,70,71,72,73,80)/p+1/t52-/m1/s1. The highest BCUT2D eigenvalue weighted by atomic mass is 32.1. The maximum Gasteiger partial charge on any atom is 0.472 e. The average molecular weight is 1150 g/mol. The van der Waals surface area contributed by atoms with Crippen LogP contribution in [-0.4, -0.2) is 93.7 Å². The molecule has 0 saturated carbocycles. The van der Waals surface area contributed by atoms with Crippen LogP contribution < -0.4 is 25.5 Å². The monoisotopic (exact) mass is 1150 g/mol. The number of phosphoric ester groups is 1. The van der Waals surface area contributed by atoms with E-state index in [0.717, 1.165) is 60.5 Å². The summed E-state index contributed by atoms with van der Waals surface area (Å²) in [7, 11) is 3.07. The van der Waals surface area contributed by atoms with E-state index in [4.69, 9.17) is 35.2 Å². The zero-order valence-corrected chi connectivity index (χ0v) is 51.1. The van der Waals surface area contributed by atoms with E-state index >= 15 is 0 Å². The molecule has 0 fully saturated rings. The Morgan fingerprint density at radius 2 is 1.20 bits per heavy atom. The van der Waals surface area contributed by atoms with Crippen LogP contribution in [0.5, 0.6) is 0 Å². The number of carboxylic acid groups (broad SMARTS) is 1. The second-order valence-electron chi connectivity index (χ2n) is 21.8. The molecule has 446 valence electrons. The van der Waals surface area contributed by atoms with E-state index in [1.807, 2.05) is 74.1 Å². The Labute approximate surface area is 483 Å². The maximum absolute atomic E-state index is 13.1. The second kappa shape index (κ2) is 38.8. The smallest absolute Gasteiger partial charge is 0.472 e. The maximum atomic E-state index is 13.1. The van der Waals surface area contributed by atoms with Crippen molar-refractivity contribution in [2.45, 2.75) is 206 Å². The predicted molar refractivity (Wildman–Crippen MR) is 329 cm³/mol. The Hall–Kier alpha value is -4.86. The number of nitrogens with zero attached hydrogens (tertiary/aromatic N) is 2. The number of carbonyl (C=O) groups is 3. The number of esters is 2. The first-order valence-corrected chi connectivity index (χ1v) is 32.1. The Balaban J connectivity index is 1.28. The summed E-state index contributed by atoms with van der Waals surface area (Å²) >= 11 is 5.59. The molecule has 0 bridgehead atoms. The lowest BCUT2D eigenvalue weighted by atomic mass is 9.90. The first-order valence-electron chi connectivity index (χ1n) is 30.2. The van der Waals surface area contributed by atoms with Gasteiger partial charge in [-0.1, -0.05) is 174 Å². The van der Waals surface area contributed by atoms with Gasteiger partial charge >= 0.3 is 25.7 Å². The van der Waals surface area contributed by atoms with Crippen LogP contribution in [0.1, 0.15) is 210 Å². The van der Waals surface area contributed by atoms with Crippen molar-refractivity contribution >= 4 is 65.4 Å². The van der Waals surface area contributed by atoms with Gasteiger partial charge in [-0.25, -0.2) is 13.9 Å². The SMILES string of the molecule is CCCCCCCCCCCCCCCCC(=O)O[C@H](COC(=O)CCCCCCCCCCCCCCC)COP(=O)(O)OCCNC(=S)Nc1ccc(C(=O)O)c(-c2c3ccc(=[N+](C)C)cc-3oc3cc(N(C)C)ccc23)c1. The number of unbranched alkanes of at least 4 members (excludes halogenated alkanes) is 25. The molecule has 2 aromatic carbocycles. The first-order chi connectivity index (χ1) is 38.6. The lowest BCUT2D eigenvalue weighted by Crippen LogP contribution is -2.31. The topological polar surface area (TPSA) is 189 Å². The van der Waals surface area contributed by atoms with Gasteiger partial charge in [-0.2, -0.15) is 0 Å². The molecule has 2 aliphatic rings. The van der Waals surface area contributed by atoms with Gasteiger partial charge in [0.05, 0.1) is 24.8 Å². The highest BCUT2D eigenvalue weighted by molar-refractivity contribution is 7.80. The molecule has 4 rings (SSSR count). The zero-order valence-electron chi connectivity index (χ0n) is 49.4. The van der Waals surface area contributed by atoms with Crippen molar-refractivity contribution in [3.05, 3.63) is 65.5 Å². The van der Waals surface area contributed by atoms with Crippen LogP contribution in [-0.2, 0) is 32.7 Å². The van der Waals surface area contributed by atoms with Crippen LogP contribution in [0.2, 0.25) is 0 Å². The molecule has 1 heterocycles. The molecular weight excluding hydrogens is 1050 g/mol. The highest BCUT2D eigenvalue weighted by Crippen LogP contribution is 2.44. The number of hydrogen-bond acceptors (Lipinski definition) is 11. The van der Waals surface area contributed by atoms with Gasteiger partial charge in [0.1, 0.15) is 32.0 Å². The van der Waals surface area contributed by atoms with E-state index in [9.17, 15) is 28.9 Å². The summed E-state index contributed by atoms with van der Waals surface area (Å²) in [5, 5.41) is 18.3. The number of rotatable bonds is 43. The molecule has 0 aromatic heterocycles. The van der Waals surface area contributed by atoms with Crippen molar-refractivity contribution in [2.75, 3.05) is 64.8 Å². The summed E-state index contributed by atoms with van der Waals surface area (Å²) in [6.45, 7) is 3.33. The quantitative estimate of drug-likeness (QED) is 0.00817. The number of hydrogen-bond donors (Lipinski definition) is 4. The van der Waals surface area contributed by atoms with Gasteiger partial charge in [0, 0.05) is 73.5 Å². The number of nitrogens with one attached hydrogen (secondary N) is 2. The van der Waals surface area contributed by atoms with E-state index in [0.29, 0.717) is 41.0 Å². The van der Waals surface area contributed by atoms with Crippen LogP contribution in [0.25, 0.3) is 33.4 Å². The number of thiocarbonyl (C=S) groups is 1. The minimum absolute atomic E-state index is 0.00783. The third-order valence-electron chi connectivity index (χ3n) is 14.5. The van der Waals surface area contributed by atoms with Crippen molar-refractivity contribution in [1.29, 1.82) is 0 Å². The third-order valence-corrected chi connectivity index (χ3v) is 15.7. The number of phosphoric acid groups is 1. The summed E-state index contributed by atoms with van der Waals surface area (Å²) in [4.78, 5) is 51.2. The fraction of sp³-hybridized carbons (Fsp3) is 0.635. The third kappa shape index (κ3) is 26.4. The Morgan fingerprint density at radius 3 is 1.73 bits per heavy atom. The molecule has 0 radical (unpaired) electrons. The van der Waals surface area contributed by atoms with Crippen molar-refractivity contribution in [2.24, 2.45) is 0 Å². The molecule has 0 amide bonds. The van der Waals surface area contributed by atoms with Gasteiger partial charge in [-0.3, -0.25) is 18.6 Å². The fourth-order valence-corrected chi connectivity index (χ4v) is 10.8. The lowest BCUT2D eigenvalue weighted by molar-refractivity contribution is -0.161. The van der Waals surface area contributed by atoms with Crippen LogP contribution in [0.4, 0.5) is 11.4 Å². The van der Waals surface area contributed by atoms with Crippen LogP contribution in [0, 0.1) is 0 Å². The fourth-order valence-electron chi connectivity index (χ4n) is 9.81. The minimum atomic E-state index is -4.68. The van der Waals surface area contributed by atoms with Gasteiger partial charge in [-0.05, 0) is 67.0 Å². The largest absolute Gasteiger partial charge is 0.478 e. The van der Waals surface area contributed by atoms with Crippen LogP contribution in [0.3, 0.4) is 0 Å². The van der Waals surface area contributed by atoms with E-state index in [-0.39, 0.29) is 43.3 Å². The number of carboxylic acids is 1. The van der Waals surface area contributed by atoms with Gasteiger partial charge in [-0.15, -0.1) is 0 Å². The number of benzene rings is 3. The molecule has 2 atom stereocenters. The van der Waals surface area contributed by atoms with Crippen LogP contribution >= 0.6 is 20.0 Å². The number of carbonyl (C=O) groups excluding carboxylic acids is 2. The zero-order chi connectivity index (χ0) is 58.0. The molecular formula is C63H98N4O11PS+. The predicted octanol–water partition coefficient (Wildman–Crippen LogP) is 15.2. The van der Waals surface area contributed by atoms with Crippen molar-refractivity contribution < 1.29 is 51.9 Å². The minimum Gasteiger partial charge on any atom is -0.478 e. The lowest BCUT2D eigenvalue weighted by Gasteiger charge is -2.20. The first kappa shape index (κ1) is 67.6. The number of anilines is 2. The molecule has 0 saturated heterocycles. The molecule has 4 N–H and O–H groups in total.